The third kappa shape index (κ3) is 2.23. The maximum Gasteiger partial charge on any atom is 0.201 e. The third-order valence-corrected chi connectivity index (χ3v) is 3.14. The largest absolute Gasteiger partial charge is 0.377 e. The van der Waals surface area contributed by atoms with Crippen molar-refractivity contribution in [3.05, 3.63) is 23.2 Å². The van der Waals surface area contributed by atoms with Crippen molar-refractivity contribution in [3.8, 4) is 0 Å². The standard InChI is InChI=1S/C12H16ClN3O/c1-12(2,17-3)7-16-10-8(13)5-4-6-9(10)15-11(16)14/h4-6H,7H2,1-3H3,(H2,14,15). The number of methoxy groups -OCH3 is 1. The van der Waals surface area contributed by atoms with Crippen molar-refractivity contribution in [2.24, 2.45) is 0 Å². The summed E-state index contributed by atoms with van der Waals surface area (Å²) in [5.41, 5.74) is 7.27. The smallest absolute Gasteiger partial charge is 0.201 e. The predicted molar refractivity (Wildman–Crippen MR) is 70.2 cm³/mol. The van der Waals surface area contributed by atoms with E-state index in [0.717, 1.165) is 11.0 Å². The Kier molecular flexibility index (Phi) is 3.02. The van der Waals surface area contributed by atoms with Gasteiger partial charge in [0.25, 0.3) is 0 Å². The van der Waals surface area contributed by atoms with Crippen LogP contribution in [0.25, 0.3) is 11.0 Å². The highest BCUT2D eigenvalue weighted by Crippen LogP contribution is 2.27. The van der Waals surface area contributed by atoms with E-state index in [1.165, 1.54) is 0 Å². The molecule has 1 aromatic carbocycles. The second-order valence-electron chi connectivity index (χ2n) is 4.63. The van der Waals surface area contributed by atoms with E-state index in [4.69, 9.17) is 22.1 Å². The van der Waals surface area contributed by atoms with E-state index in [-0.39, 0.29) is 5.60 Å². The van der Waals surface area contributed by atoms with E-state index in [2.05, 4.69) is 4.98 Å². The van der Waals surface area contributed by atoms with Crippen LogP contribution in [-0.4, -0.2) is 22.3 Å². The molecule has 4 nitrogen and oxygen atoms in total. The summed E-state index contributed by atoms with van der Waals surface area (Å²) in [7, 11) is 1.68. The second kappa shape index (κ2) is 4.20. The first-order valence-electron chi connectivity index (χ1n) is 5.40. The predicted octanol–water partition coefficient (Wildman–Crippen LogP) is 2.70. The first-order chi connectivity index (χ1) is 7.94. The van der Waals surface area contributed by atoms with Gasteiger partial charge in [0.2, 0.25) is 5.95 Å². The van der Waals surface area contributed by atoms with Crippen LogP contribution in [0.5, 0.6) is 0 Å². The SMILES string of the molecule is COC(C)(C)Cn1c(N)nc2cccc(Cl)c21. The van der Waals surface area contributed by atoms with Gasteiger partial charge in [-0.2, -0.15) is 0 Å². The van der Waals surface area contributed by atoms with Crippen LogP contribution < -0.4 is 5.73 Å². The molecule has 2 aromatic rings. The Balaban J connectivity index is 2.57. The summed E-state index contributed by atoms with van der Waals surface area (Å²) >= 11 is 6.19. The molecule has 0 saturated heterocycles. The van der Waals surface area contributed by atoms with Crippen molar-refractivity contribution in [1.29, 1.82) is 0 Å². The van der Waals surface area contributed by atoms with Crippen LogP contribution in [0.2, 0.25) is 5.02 Å². The van der Waals surface area contributed by atoms with Crippen molar-refractivity contribution in [2.75, 3.05) is 12.8 Å². The molecule has 0 aliphatic carbocycles. The van der Waals surface area contributed by atoms with Gasteiger partial charge < -0.3 is 15.0 Å². The van der Waals surface area contributed by atoms with Crippen LogP contribution in [0.3, 0.4) is 0 Å². The first-order valence-corrected chi connectivity index (χ1v) is 5.78. The molecule has 0 spiro atoms. The van der Waals surface area contributed by atoms with Crippen LogP contribution in [0.4, 0.5) is 5.95 Å². The fourth-order valence-corrected chi connectivity index (χ4v) is 2.04. The zero-order valence-electron chi connectivity index (χ0n) is 10.2. The quantitative estimate of drug-likeness (QED) is 0.915. The number of fused-ring (bicyclic) bond motifs is 1. The number of rotatable bonds is 3. The van der Waals surface area contributed by atoms with Crippen molar-refractivity contribution in [2.45, 2.75) is 26.0 Å². The lowest BCUT2D eigenvalue weighted by Crippen LogP contribution is -2.29. The summed E-state index contributed by atoms with van der Waals surface area (Å²) < 4.78 is 7.30. The lowest BCUT2D eigenvalue weighted by atomic mass is 10.1. The van der Waals surface area contributed by atoms with Gasteiger partial charge in [-0.05, 0) is 26.0 Å². The summed E-state index contributed by atoms with van der Waals surface area (Å²) in [5.74, 6) is 0.457. The van der Waals surface area contributed by atoms with Gasteiger partial charge >= 0.3 is 0 Å². The number of para-hydroxylation sites is 1. The number of hydrogen-bond donors (Lipinski definition) is 1. The highest BCUT2D eigenvalue weighted by atomic mass is 35.5. The van der Waals surface area contributed by atoms with E-state index < -0.39 is 0 Å². The molecule has 0 unspecified atom stereocenters. The Hall–Kier alpha value is -1.26. The summed E-state index contributed by atoms with van der Waals surface area (Å²) in [6.45, 7) is 4.60. The fourth-order valence-electron chi connectivity index (χ4n) is 1.77. The minimum Gasteiger partial charge on any atom is -0.377 e. The molecule has 1 aromatic heterocycles. The summed E-state index contributed by atoms with van der Waals surface area (Å²) in [6.07, 6.45) is 0. The number of nitrogens with zero attached hydrogens (tertiary/aromatic N) is 2. The van der Waals surface area contributed by atoms with Crippen LogP contribution >= 0.6 is 11.6 Å². The van der Waals surface area contributed by atoms with Gasteiger partial charge in [-0.25, -0.2) is 4.98 Å². The van der Waals surface area contributed by atoms with Gasteiger partial charge in [0.05, 0.1) is 28.2 Å². The Labute approximate surface area is 105 Å². The molecule has 0 saturated carbocycles. The Morgan fingerprint density at radius 1 is 1.47 bits per heavy atom. The number of hydrogen-bond acceptors (Lipinski definition) is 3. The van der Waals surface area contributed by atoms with E-state index in [1.54, 1.807) is 7.11 Å². The second-order valence-corrected chi connectivity index (χ2v) is 5.03. The Morgan fingerprint density at radius 3 is 2.82 bits per heavy atom. The van der Waals surface area contributed by atoms with E-state index in [9.17, 15) is 0 Å². The van der Waals surface area contributed by atoms with Crippen molar-refractivity contribution in [1.82, 2.24) is 9.55 Å². The molecule has 2 rings (SSSR count). The van der Waals surface area contributed by atoms with Crippen LogP contribution in [0.1, 0.15) is 13.8 Å². The Bertz CT molecular complexity index is 548. The lowest BCUT2D eigenvalue weighted by Gasteiger charge is -2.24. The normalized spacial score (nSPS) is 12.2. The number of aromatic nitrogens is 2. The minimum atomic E-state index is -0.319. The molecule has 0 atom stereocenters. The van der Waals surface area contributed by atoms with Crippen LogP contribution in [0.15, 0.2) is 18.2 Å². The van der Waals surface area contributed by atoms with E-state index in [1.807, 2.05) is 36.6 Å². The summed E-state index contributed by atoms with van der Waals surface area (Å²) in [5, 5.41) is 0.651. The van der Waals surface area contributed by atoms with Crippen LogP contribution in [-0.2, 0) is 11.3 Å². The maximum atomic E-state index is 6.19. The van der Waals surface area contributed by atoms with Crippen molar-refractivity contribution >= 4 is 28.6 Å². The molecule has 17 heavy (non-hydrogen) atoms. The van der Waals surface area contributed by atoms with Gasteiger partial charge in [0.1, 0.15) is 0 Å². The van der Waals surface area contributed by atoms with Gasteiger partial charge in [-0.1, -0.05) is 17.7 Å². The molecule has 0 fully saturated rings. The van der Waals surface area contributed by atoms with E-state index in [0.29, 0.717) is 17.5 Å². The van der Waals surface area contributed by atoms with Crippen molar-refractivity contribution < 1.29 is 4.74 Å². The number of imidazole rings is 1. The molecule has 0 radical (unpaired) electrons. The van der Waals surface area contributed by atoms with Gasteiger partial charge in [0, 0.05) is 7.11 Å². The number of ether oxygens (including phenoxy) is 1. The van der Waals surface area contributed by atoms with Crippen LogP contribution in [0, 0.1) is 0 Å². The molecular weight excluding hydrogens is 238 g/mol. The number of anilines is 1. The zero-order valence-corrected chi connectivity index (χ0v) is 11.0. The number of halogens is 1. The summed E-state index contributed by atoms with van der Waals surface area (Å²) in [6, 6.07) is 5.60. The molecule has 0 bridgehead atoms. The average molecular weight is 254 g/mol. The third-order valence-electron chi connectivity index (χ3n) is 2.84. The Morgan fingerprint density at radius 2 is 2.18 bits per heavy atom. The molecule has 0 aliphatic rings. The molecule has 0 amide bonds. The van der Waals surface area contributed by atoms with E-state index >= 15 is 0 Å². The number of nitrogens with two attached hydrogens (primary N) is 1. The molecule has 5 heteroatoms. The molecular formula is C12H16ClN3O. The minimum absolute atomic E-state index is 0.319. The number of nitrogen functional groups attached to an aromatic ring is 1. The maximum absolute atomic E-state index is 6.19. The monoisotopic (exact) mass is 253 g/mol. The topological polar surface area (TPSA) is 53.1 Å². The fraction of sp³-hybridized carbons (Fsp3) is 0.417. The molecule has 1 heterocycles. The average Bonchev–Trinajstić information content (AvgIpc) is 2.56. The summed E-state index contributed by atoms with van der Waals surface area (Å²) in [4.78, 5) is 4.29. The van der Waals surface area contributed by atoms with Gasteiger partial charge in [0.15, 0.2) is 0 Å². The number of benzene rings is 1. The molecule has 2 N–H and O–H groups in total. The molecule has 92 valence electrons. The van der Waals surface area contributed by atoms with Gasteiger partial charge in [-0.15, -0.1) is 0 Å². The molecule has 0 aliphatic heterocycles. The first kappa shape index (κ1) is 12.2. The highest BCUT2D eigenvalue weighted by Gasteiger charge is 2.21. The zero-order chi connectivity index (χ0) is 12.6. The van der Waals surface area contributed by atoms with Crippen molar-refractivity contribution in [3.63, 3.8) is 0 Å². The van der Waals surface area contributed by atoms with Gasteiger partial charge in [-0.3, -0.25) is 0 Å². The lowest BCUT2D eigenvalue weighted by molar-refractivity contribution is 0.00947. The highest BCUT2D eigenvalue weighted by molar-refractivity contribution is 6.35.